The van der Waals surface area contributed by atoms with E-state index in [4.69, 9.17) is 0 Å². The van der Waals surface area contributed by atoms with E-state index >= 15 is 0 Å². The van der Waals surface area contributed by atoms with Gasteiger partial charge in [0.25, 0.3) is 0 Å². The van der Waals surface area contributed by atoms with Gasteiger partial charge in [0.2, 0.25) is 12.2 Å². The molecule has 0 N–H and O–H groups in total. The van der Waals surface area contributed by atoms with E-state index in [1.807, 2.05) is 0 Å². The van der Waals surface area contributed by atoms with Gasteiger partial charge in [-0.05, 0) is 6.92 Å². The Morgan fingerprint density at radius 1 is 0.464 bits per heavy atom. The predicted octanol–water partition coefficient (Wildman–Crippen LogP) is 4.96. The molecule has 0 rings (SSSR count). The fraction of sp³-hybridized carbons (Fsp3) is 1.00. The Morgan fingerprint density at radius 3 is 0.893 bits per heavy atom. The third-order valence-corrected chi connectivity index (χ3v) is 2.46. The Hall–Kier alpha value is -1.11. The van der Waals surface area contributed by atoms with E-state index < -0.39 is 56.5 Å². The smallest absolute Gasteiger partial charge is 0.374 e. The molecule has 0 aromatic rings. The average Bonchev–Trinajstić information content (AvgIpc) is 2.34. The monoisotopic (exact) mass is 458 g/mol. The minimum absolute atomic E-state index is 0.147. The number of alkyl halides is 15. The molecule has 0 heterocycles. The molecule has 0 spiro atoms. The molecule has 0 aliphatic rings. The maximum atomic E-state index is 12.3. The lowest BCUT2D eigenvalue weighted by molar-refractivity contribution is -0.326. The molecule has 0 aliphatic carbocycles. The van der Waals surface area contributed by atoms with E-state index in [1.54, 1.807) is 0 Å². The molecule has 19 heteroatoms. The summed E-state index contributed by atoms with van der Waals surface area (Å²) >= 11 is 0. The third-order valence-electron chi connectivity index (χ3n) is 2.46. The normalized spacial score (nSPS) is 16.1. The molecule has 1 atom stereocenters. The van der Waals surface area contributed by atoms with E-state index in [0.717, 1.165) is 0 Å². The zero-order valence-electron chi connectivity index (χ0n) is 12.7. The van der Waals surface area contributed by atoms with Crippen molar-refractivity contribution in [3.63, 3.8) is 0 Å². The van der Waals surface area contributed by atoms with Crippen molar-refractivity contribution in [1.29, 1.82) is 0 Å². The summed E-state index contributed by atoms with van der Waals surface area (Å²) in [5.41, 5.74) is 0. The highest BCUT2D eigenvalue weighted by atomic mass is 19.4. The highest BCUT2D eigenvalue weighted by molar-refractivity contribution is 6.36. The second kappa shape index (κ2) is 8.33. The first-order valence-electron chi connectivity index (χ1n) is 6.27. The average molecular weight is 458 g/mol. The zero-order valence-corrected chi connectivity index (χ0v) is 12.7. The van der Waals surface area contributed by atoms with Crippen molar-refractivity contribution in [3.8, 4) is 0 Å². The lowest BCUT2D eigenvalue weighted by Crippen LogP contribution is -2.54. The zero-order chi connectivity index (χ0) is 22.9. The Balaban J connectivity index is 5.94. The van der Waals surface area contributed by atoms with Crippen molar-refractivity contribution in [2.24, 2.45) is 0 Å². The maximum absolute atomic E-state index is 12.3. The highest BCUT2D eigenvalue weighted by Gasteiger charge is 2.64. The second-order valence-electron chi connectivity index (χ2n) is 4.81. The summed E-state index contributed by atoms with van der Waals surface area (Å²) in [6, 6.07) is 0. The van der Waals surface area contributed by atoms with Crippen LogP contribution in [0.5, 0.6) is 0 Å². The molecular formula is C9H6BF15O3. The number of hydrogen-bond donors (Lipinski definition) is 0. The minimum atomic E-state index is -6.50. The third kappa shape index (κ3) is 8.50. The lowest BCUT2D eigenvalue weighted by atomic mass is 10.1. The fourth-order valence-corrected chi connectivity index (χ4v) is 1.24. The van der Waals surface area contributed by atoms with Crippen LogP contribution >= 0.6 is 0 Å². The van der Waals surface area contributed by atoms with Gasteiger partial charge in [0.05, 0.1) is 0 Å². The van der Waals surface area contributed by atoms with Crippen molar-refractivity contribution < 1.29 is 79.8 Å². The summed E-state index contributed by atoms with van der Waals surface area (Å²) in [6.45, 7) is -0.147. The first-order valence-corrected chi connectivity index (χ1v) is 6.27. The van der Waals surface area contributed by atoms with Gasteiger partial charge in [0, 0.05) is 0 Å². The molecule has 0 aliphatic heterocycles. The first kappa shape index (κ1) is 26.9. The van der Waals surface area contributed by atoms with Crippen molar-refractivity contribution >= 4 is 7.32 Å². The Labute approximate surface area is 144 Å². The van der Waals surface area contributed by atoms with Crippen molar-refractivity contribution in [3.05, 3.63) is 0 Å². The quantitative estimate of drug-likeness (QED) is 0.417. The Bertz CT molecular complexity index is 427. The fourth-order valence-electron chi connectivity index (χ4n) is 1.24. The molecule has 3 nitrogen and oxygen atoms in total. The predicted molar refractivity (Wildman–Crippen MR) is 56.3 cm³/mol. The van der Waals surface area contributed by atoms with E-state index in [2.05, 4.69) is 14.0 Å². The van der Waals surface area contributed by atoms with Crippen LogP contribution in [0, 0.1) is 0 Å². The second-order valence-corrected chi connectivity index (χ2v) is 4.81. The lowest BCUT2D eigenvalue weighted by Gasteiger charge is -2.30. The Kier molecular flexibility index (Phi) is 8.00. The van der Waals surface area contributed by atoms with Crippen LogP contribution in [-0.2, 0) is 14.0 Å². The van der Waals surface area contributed by atoms with E-state index in [0.29, 0.717) is 0 Å². The molecular weight excluding hydrogens is 452 g/mol. The van der Waals surface area contributed by atoms with Gasteiger partial charge in [-0.3, -0.25) is 0 Å². The first-order chi connectivity index (χ1) is 12.0. The summed E-state index contributed by atoms with van der Waals surface area (Å²) in [5.74, 6) is 0. The number of rotatable bonds is 6. The molecule has 0 bridgehead atoms. The SMILES string of the molecule is CC(OB(OC(C(F)(F)F)C(F)(F)F)OC(C(F)(F)F)C(F)(F)F)C(F)(F)F. The summed E-state index contributed by atoms with van der Waals surface area (Å²) in [7, 11) is -4.31. The number of halogens is 15. The van der Waals surface area contributed by atoms with Gasteiger partial charge in [-0.25, -0.2) is 0 Å². The van der Waals surface area contributed by atoms with Crippen molar-refractivity contribution in [2.75, 3.05) is 0 Å². The summed E-state index contributed by atoms with van der Waals surface area (Å²) in [6.07, 6.45) is -45.3. The molecule has 0 aromatic carbocycles. The Morgan fingerprint density at radius 2 is 0.714 bits per heavy atom. The van der Waals surface area contributed by atoms with Crippen LogP contribution in [-0.4, -0.2) is 56.5 Å². The van der Waals surface area contributed by atoms with Crippen LogP contribution in [0.3, 0.4) is 0 Å². The highest BCUT2D eigenvalue weighted by Crippen LogP contribution is 2.39. The maximum Gasteiger partial charge on any atom is 0.641 e. The molecule has 0 aromatic heterocycles. The molecule has 28 heavy (non-hydrogen) atoms. The molecule has 168 valence electrons. The van der Waals surface area contributed by atoms with Gasteiger partial charge in [0.1, 0.15) is 6.10 Å². The van der Waals surface area contributed by atoms with Crippen molar-refractivity contribution in [1.82, 2.24) is 0 Å². The van der Waals surface area contributed by atoms with Gasteiger partial charge < -0.3 is 14.0 Å². The van der Waals surface area contributed by atoms with Gasteiger partial charge in [-0.15, -0.1) is 0 Å². The largest absolute Gasteiger partial charge is 0.641 e. The van der Waals surface area contributed by atoms with Crippen LogP contribution in [0.4, 0.5) is 65.9 Å². The summed E-state index contributed by atoms with van der Waals surface area (Å²) < 4.78 is 194. The van der Waals surface area contributed by atoms with Crippen LogP contribution < -0.4 is 0 Å². The van der Waals surface area contributed by atoms with Crippen LogP contribution in [0.15, 0.2) is 0 Å². The van der Waals surface area contributed by atoms with E-state index in [1.165, 1.54) is 0 Å². The topological polar surface area (TPSA) is 27.7 Å². The summed E-state index contributed by atoms with van der Waals surface area (Å²) in [5, 5.41) is 0. The summed E-state index contributed by atoms with van der Waals surface area (Å²) in [4.78, 5) is 0. The van der Waals surface area contributed by atoms with Gasteiger partial charge in [-0.2, -0.15) is 65.9 Å². The molecule has 0 saturated heterocycles. The standard InChI is InChI=1S/C9H6BF15O3/c1-2(5(11,12)13)26-10(27-3(6(14,15)16)7(17,18)19)28-4(8(20,21)22)9(23,24)25/h2-4H,1H3. The molecule has 0 saturated carbocycles. The van der Waals surface area contributed by atoms with Crippen molar-refractivity contribution in [2.45, 2.75) is 56.1 Å². The minimum Gasteiger partial charge on any atom is -0.374 e. The van der Waals surface area contributed by atoms with Gasteiger partial charge >= 0.3 is 38.2 Å². The molecule has 0 radical (unpaired) electrons. The molecule has 0 fully saturated rings. The van der Waals surface area contributed by atoms with Crippen LogP contribution in [0.2, 0.25) is 0 Å². The van der Waals surface area contributed by atoms with Gasteiger partial charge in [0.15, 0.2) is 0 Å². The molecule has 0 amide bonds. The van der Waals surface area contributed by atoms with Crippen LogP contribution in [0.25, 0.3) is 0 Å². The molecule has 1 unspecified atom stereocenters. The van der Waals surface area contributed by atoms with E-state index in [-0.39, 0.29) is 6.92 Å². The van der Waals surface area contributed by atoms with Crippen LogP contribution in [0.1, 0.15) is 6.92 Å². The van der Waals surface area contributed by atoms with E-state index in [9.17, 15) is 65.9 Å². The number of hydrogen-bond acceptors (Lipinski definition) is 3. The van der Waals surface area contributed by atoms with Gasteiger partial charge in [-0.1, -0.05) is 0 Å².